The van der Waals surface area contributed by atoms with E-state index in [2.05, 4.69) is 20.3 Å². The van der Waals surface area contributed by atoms with E-state index in [1.165, 1.54) is 0 Å². The van der Waals surface area contributed by atoms with E-state index in [4.69, 9.17) is 9.72 Å². The largest absolute Gasteiger partial charge is 0.378 e. The molecule has 1 fully saturated rings. The summed E-state index contributed by atoms with van der Waals surface area (Å²) >= 11 is 1.67. The van der Waals surface area contributed by atoms with Crippen LogP contribution in [0.15, 0.2) is 6.33 Å². The molecule has 2 aromatic heterocycles. The number of amides is 1. The van der Waals surface area contributed by atoms with Crippen LogP contribution in [0, 0.1) is 0 Å². The molecule has 1 atom stereocenters. The minimum absolute atomic E-state index is 0.0313. The lowest BCUT2D eigenvalue weighted by molar-refractivity contribution is -0.121. The molecule has 2 aliphatic rings. The van der Waals surface area contributed by atoms with Gasteiger partial charge in [0.2, 0.25) is 5.91 Å². The lowest BCUT2D eigenvalue weighted by Gasteiger charge is -2.26. The van der Waals surface area contributed by atoms with Crippen LogP contribution in [0.2, 0.25) is 0 Å². The van der Waals surface area contributed by atoms with Gasteiger partial charge in [-0.15, -0.1) is 11.3 Å². The predicted octanol–water partition coefficient (Wildman–Crippen LogP) is 0.743. The van der Waals surface area contributed by atoms with Gasteiger partial charge in [0.05, 0.1) is 31.4 Å². The van der Waals surface area contributed by atoms with E-state index in [1.807, 2.05) is 11.6 Å². The number of anilines is 1. The van der Waals surface area contributed by atoms with Crippen molar-refractivity contribution >= 4 is 22.4 Å². The van der Waals surface area contributed by atoms with Crippen LogP contribution in [0.3, 0.4) is 0 Å². The maximum atomic E-state index is 12.1. The summed E-state index contributed by atoms with van der Waals surface area (Å²) in [6, 6.07) is 0. The zero-order valence-electron chi connectivity index (χ0n) is 13.6. The van der Waals surface area contributed by atoms with Crippen LogP contribution in [0.1, 0.15) is 35.7 Å². The van der Waals surface area contributed by atoms with E-state index in [-0.39, 0.29) is 11.8 Å². The molecule has 4 rings (SSSR count). The second kappa shape index (κ2) is 6.48. The summed E-state index contributed by atoms with van der Waals surface area (Å²) in [6.07, 6.45) is 1.95. The highest BCUT2D eigenvalue weighted by atomic mass is 32.1. The third kappa shape index (κ3) is 2.78. The van der Waals surface area contributed by atoms with Crippen molar-refractivity contribution in [1.29, 1.82) is 0 Å². The molecule has 0 spiro atoms. The van der Waals surface area contributed by atoms with Crippen LogP contribution in [0.5, 0.6) is 0 Å². The van der Waals surface area contributed by atoms with Gasteiger partial charge in [-0.25, -0.2) is 14.6 Å². The van der Waals surface area contributed by atoms with Crippen LogP contribution < -0.4 is 10.2 Å². The zero-order chi connectivity index (χ0) is 16.5. The molecule has 0 aromatic carbocycles. The summed E-state index contributed by atoms with van der Waals surface area (Å²) in [5.74, 6) is 0.786. The molecule has 128 valence electrons. The van der Waals surface area contributed by atoms with Gasteiger partial charge in [-0.05, 0) is 6.92 Å². The Balaban J connectivity index is 1.72. The first-order valence-corrected chi connectivity index (χ1v) is 9.04. The molecule has 0 aliphatic carbocycles. The summed E-state index contributed by atoms with van der Waals surface area (Å²) < 4.78 is 7.29. The Morgan fingerprint density at radius 2 is 2.25 bits per heavy atom. The van der Waals surface area contributed by atoms with Crippen molar-refractivity contribution in [3.63, 3.8) is 0 Å². The fourth-order valence-electron chi connectivity index (χ4n) is 3.17. The van der Waals surface area contributed by atoms with Crippen molar-refractivity contribution < 1.29 is 9.53 Å². The summed E-state index contributed by atoms with van der Waals surface area (Å²) in [7, 11) is 0. The second-order valence-electron chi connectivity index (χ2n) is 5.87. The second-order valence-corrected chi connectivity index (χ2v) is 6.88. The number of nitrogens with zero attached hydrogens (tertiary/aromatic N) is 5. The lowest BCUT2D eigenvalue weighted by atomic mass is 10.0. The Bertz CT molecular complexity index is 736. The Morgan fingerprint density at radius 3 is 3.04 bits per heavy atom. The molecule has 1 saturated heterocycles. The number of carbonyl (C=O) groups is 1. The number of hydrogen-bond acceptors (Lipinski definition) is 7. The standard InChI is InChI=1S/C15H20N6O2S/c1-2-21-14(17-9-18-21)10-7-12(22)16-8-11-13(10)24-15(19-11)20-3-5-23-6-4-20/h9-10H,2-8H2,1H3,(H,16,22)/t10-/m1/s1. The van der Waals surface area contributed by atoms with E-state index in [0.717, 1.165) is 54.4 Å². The molecule has 8 nitrogen and oxygen atoms in total. The number of ether oxygens (including phenoxy) is 1. The van der Waals surface area contributed by atoms with E-state index < -0.39 is 0 Å². The molecule has 0 radical (unpaired) electrons. The van der Waals surface area contributed by atoms with Gasteiger partial charge in [0, 0.05) is 30.9 Å². The molecular formula is C15H20N6O2S. The Labute approximate surface area is 143 Å². The van der Waals surface area contributed by atoms with Gasteiger partial charge in [-0.2, -0.15) is 5.10 Å². The van der Waals surface area contributed by atoms with Crippen LogP contribution in [-0.2, 0) is 22.6 Å². The third-order valence-electron chi connectivity index (χ3n) is 4.41. The van der Waals surface area contributed by atoms with Crippen LogP contribution in [-0.4, -0.2) is 52.0 Å². The molecule has 9 heteroatoms. The van der Waals surface area contributed by atoms with Crippen molar-refractivity contribution in [2.75, 3.05) is 31.2 Å². The van der Waals surface area contributed by atoms with Gasteiger partial charge < -0.3 is 15.0 Å². The van der Waals surface area contributed by atoms with Gasteiger partial charge in [0.25, 0.3) is 0 Å². The topological polar surface area (TPSA) is 85.2 Å². The molecule has 0 saturated carbocycles. The van der Waals surface area contributed by atoms with Gasteiger partial charge in [-0.1, -0.05) is 0 Å². The normalized spacial score (nSPS) is 21.3. The summed E-state index contributed by atoms with van der Waals surface area (Å²) in [6.45, 7) is 6.41. The van der Waals surface area contributed by atoms with Crippen molar-refractivity contribution in [2.45, 2.75) is 32.4 Å². The number of rotatable bonds is 3. The SMILES string of the molecule is CCn1ncnc1[C@@H]1CC(=O)NCc2nc(N3CCOCC3)sc21. The average Bonchev–Trinajstić information content (AvgIpc) is 3.23. The van der Waals surface area contributed by atoms with Crippen LogP contribution in [0.25, 0.3) is 0 Å². The van der Waals surface area contributed by atoms with Crippen molar-refractivity contribution in [3.8, 4) is 0 Å². The maximum Gasteiger partial charge on any atom is 0.221 e. The number of thiazole rings is 1. The highest BCUT2D eigenvalue weighted by molar-refractivity contribution is 7.15. The molecule has 24 heavy (non-hydrogen) atoms. The van der Waals surface area contributed by atoms with Crippen molar-refractivity contribution in [1.82, 2.24) is 25.1 Å². The number of carbonyl (C=O) groups excluding carboxylic acids is 1. The first-order chi connectivity index (χ1) is 11.8. The smallest absolute Gasteiger partial charge is 0.221 e. The molecular weight excluding hydrogens is 328 g/mol. The van der Waals surface area contributed by atoms with E-state index in [0.29, 0.717) is 13.0 Å². The maximum absolute atomic E-state index is 12.1. The van der Waals surface area contributed by atoms with Crippen LogP contribution >= 0.6 is 11.3 Å². The van der Waals surface area contributed by atoms with E-state index in [1.54, 1.807) is 17.7 Å². The number of aromatic nitrogens is 4. The molecule has 2 aliphatic heterocycles. The fourth-order valence-corrected chi connectivity index (χ4v) is 4.40. The highest BCUT2D eigenvalue weighted by Gasteiger charge is 2.32. The van der Waals surface area contributed by atoms with Gasteiger partial charge in [0.1, 0.15) is 12.2 Å². The van der Waals surface area contributed by atoms with E-state index in [9.17, 15) is 4.79 Å². The van der Waals surface area contributed by atoms with Gasteiger partial charge in [0.15, 0.2) is 5.13 Å². The highest BCUT2D eigenvalue weighted by Crippen LogP contribution is 2.38. The first kappa shape index (κ1) is 15.5. The average molecular weight is 348 g/mol. The van der Waals surface area contributed by atoms with Crippen molar-refractivity contribution in [2.24, 2.45) is 0 Å². The van der Waals surface area contributed by atoms with Gasteiger partial charge >= 0.3 is 0 Å². The molecule has 4 heterocycles. The third-order valence-corrected chi connectivity index (χ3v) is 5.69. The number of hydrogen-bond donors (Lipinski definition) is 1. The zero-order valence-corrected chi connectivity index (χ0v) is 14.4. The Morgan fingerprint density at radius 1 is 1.42 bits per heavy atom. The Hall–Kier alpha value is -2.00. The fraction of sp³-hybridized carbons (Fsp3) is 0.600. The van der Waals surface area contributed by atoms with Gasteiger partial charge in [-0.3, -0.25) is 4.79 Å². The molecule has 1 amide bonds. The van der Waals surface area contributed by atoms with E-state index >= 15 is 0 Å². The quantitative estimate of drug-likeness (QED) is 0.881. The number of fused-ring (bicyclic) bond motifs is 1. The number of morpholine rings is 1. The molecule has 0 bridgehead atoms. The number of nitrogens with one attached hydrogen (secondary N) is 1. The first-order valence-electron chi connectivity index (χ1n) is 8.23. The minimum atomic E-state index is -0.0859. The summed E-state index contributed by atoms with van der Waals surface area (Å²) in [5.41, 5.74) is 0.947. The minimum Gasteiger partial charge on any atom is -0.378 e. The Kier molecular flexibility index (Phi) is 4.19. The summed E-state index contributed by atoms with van der Waals surface area (Å²) in [4.78, 5) is 24.7. The molecule has 1 N–H and O–H groups in total. The molecule has 2 aromatic rings. The summed E-state index contributed by atoms with van der Waals surface area (Å²) in [5, 5.41) is 8.22. The van der Waals surface area contributed by atoms with Crippen molar-refractivity contribution in [3.05, 3.63) is 22.7 Å². The predicted molar refractivity (Wildman–Crippen MR) is 89.1 cm³/mol. The monoisotopic (exact) mass is 348 g/mol. The van der Waals surface area contributed by atoms with Crippen LogP contribution in [0.4, 0.5) is 5.13 Å². The molecule has 0 unspecified atom stereocenters. The number of aryl methyl sites for hydroxylation is 1. The lowest BCUT2D eigenvalue weighted by Crippen LogP contribution is -2.36.